The van der Waals surface area contributed by atoms with Crippen molar-refractivity contribution in [3.05, 3.63) is 78.7 Å². The van der Waals surface area contributed by atoms with E-state index in [0.29, 0.717) is 0 Å². The van der Waals surface area contributed by atoms with Gasteiger partial charge in [0.15, 0.2) is 0 Å². The fourth-order valence-corrected chi connectivity index (χ4v) is 3.26. The van der Waals surface area contributed by atoms with Crippen molar-refractivity contribution in [2.24, 2.45) is 0 Å². The van der Waals surface area contributed by atoms with E-state index in [9.17, 15) is 12.8 Å². The summed E-state index contributed by atoms with van der Waals surface area (Å²) in [5.41, 5.74) is 1.81. The molecular formula is C18H16FN3O2S. The number of aromatic nitrogens is 1. The van der Waals surface area contributed by atoms with Gasteiger partial charge in [-0.25, -0.2) is 17.8 Å². The van der Waals surface area contributed by atoms with Crippen molar-refractivity contribution in [3.63, 3.8) is 0 Å². The van der Waals surface area contributed by atoms with Gasteiger partial charge in [-0.1, -0.05) is 18.2 Å². The molecule has 2 aromatic carbocycles. The summed E-state index contributed by atoms with van der Waals surface area (Å²) < 4.78 is 39.8. The first-order valence-electron chi connectivity index (χ1n) is 7.49. The minimum absolute atomic E-state index is 0.0267. The number of benzene rings is 2. The summed E-state index contributed by atoms with van der Waals surface area (Å²) >= 11 is 0. The summed E-state index contributed by atoms with van der Waals surface area (Å²) in [5.74, 6) is -0.306. The van der Waals surface area contributed by atoms with Crippen LogP contribution in [-0.4, -0.2) is 20.4 Å². The van der Waals surface area contributed by atoms with Gasteiger partial charge in [-0.3, -0.25) is 4.72 Å². The van der Waals surface area contributed by atoms with Crippen LogP contribution in [0.2, 0.25) is 0 Å². The fourth-order valence-electron chi connectivity index (χ4n) is 2.26. The lowest BCUT2D eigenvalue weighted by Gasteiger charge is -2.19. The standard InChI is InChI=1S/C18H16FN3O2S/c1-22(15-5-3-2-4-6-15)16-9-12-18(20-13-16)21-25(23,24)17-10-7-14(19)8-11-17/h2-13H,1H3,(H,20,21). The number of para-hydroxylation sites is 1. The van der Waals surface area contributed by atoms with Crippen LogP contribution in [0.15, 0.2) is 77.8 Å². The van der Waals surface area contributed by atoms with Crippen molar-refractivity contribution in [2.75, 3.05) is 16.7 Å². The second-order valence-corrected chi connectivity index (χ2v) is 7.04. The van der Waals surface area contributed by atoms with Crippen LogP contribution in [0.4, 0.5) is 21.6 Å². The average molecular weight is 357 g/mol. The van der Waals surface area contributed by atoms with E-state index in [1.54, 1.807) is 18.3 Å². The molecule has 0 spiro atoms. The molecule has 0 aliphatic rings. The monoisotopic (exact) mass is 357 g/mol. The number of anilines is 3. The zero-order chi connectivity index (χ0) is 17.9. The second kappa shape index (κ2) is 6.90. The summed E-state index contributed by atoms with van der Waals surface area (Å²) in [5, 5.41) is 0. The van der Waals surface area contributed by atoms with Crippen LogP contribution in [0.1, 0.15) is 0 Å². The molecule has 0 amide bonds. The highest BCUT2D eigenvalue weighted by Crippen LogP contribution is 2.23. The molecule has 1 N–H and O–H groups in total. The van der Waals surface area contributed by atoms with Gasteiger partial charge in [-0.2, -0.15) is 0 Å². The van der Waals surface area contributed by atoms with Gasteiger partial charge in [0.25, 0.3) is 10.0 Å². The molecule has 0 aliphatic heterocycles. The lowest BCUT2D eigenvalue weighted by molar-refractivity contribution is 0.599. The zero-order valence-electron chi connectivity index (χ0n) is 13.4. The lowest BCUT2D eigenvalue weighted by atomic mass is 10.3. The first kappa shape index (κ1) is 16.9. The first-order valence-corrected chi connectivity index (χ1v) is 8.97. The Balaban J connectivity index is 1.77. The van der Waals surface area contributed by atoms with E-state index in [1.165, 1.54) is 12.1 Å². The van der Waals surface area contributed by atoms with E-state index in [2.05, 4.69) is 9.71 Å². The Kier molecular flexibility index (Phi) is 4.67. The van der Waals surface area contributed by atoms with Crippen LogP contribution in [0, 0.1) is 5.82 Å². The minimum atomic E-state index is -3.81. The topological polar surface area (TPSA) is 62.3 Å². The summed E-state index contributed by atoms with van der Waals surface area (Å²) in [6.07, 6.45) is 1.58. The highest BCUT2D eigenvalue weighted by molar-refractivity contribution is 7.92. The van der Waals surface area contributed by atoms with Crippen LogP contribution in [-0.2, 0) is 10.0 Å². The Morgan fingerprint density at radius 3 is 2.20 bits per heavy atom. The fraction of sp³-hybridized carbons (Fsp3) is 0.0556. The van der Waals surface area contributed by atoms with Crippen molar-refractivity contribution in [1.29, 1.82) is 0 Å². The van der Waals surface area contributed by atoms with Gasteiger partial charge in [0.2, 0.25) is 0 Å². The van der Waals surface area contributed by atoms with E-state index in [0.717, 1.165) is 23.5 Å². The van der Waals surface area contributed by atoms with Gasteiger partial charge in [0.1, 0.15) is 11.6 Å². The molecule has 3 aromatic rings. The number of rotatable bonds is 5. The number of hydrogen-bond acceptors (Lipinski definition) is 4. The van der Waals surface area contributed by atoms with Crippen molar-refractivity contribution in [2.45, 2.75) is 4.90 Å². The maximum atomic E-state index is 12.9. The Morgan fingerprint density at radius 1 is 0.920 bits per heavy atom. The Morgan fingerprint density at radius 2 is 1.60 bits per heavy atom. The molecule has 1 aromatic heterocycles. The molecule has 1 heterocycles. The van der Waals surface area contributed by atoms with Gasteiger partial charge in [-0.05, 0) is 48.5 Å². The number of nitrogens with one attached hydrogen (secondary N) is 1. The van der Waals surface area contributed by atoms with Gasteiger partial charge >= 0.3 is 0 Å². The Hall–Kier alpha value is -2.93. The van der Waals surface area contributed by atoms with Crippen LogP contribution in [0.5, 0.6) is 0 Å². The number of halogens is 1. The molecule has 0 unspecified atom stereocenters. The molecule has 0 radical (unpaired) electrons. The largest absolute Gasteiger partial charge is 0.343 e. The van der Waals surface area contributed by atoms with E-state index in [4.69, 9.17) is 0 Å². The first-order chi connectivity index (χ1) is 12.0. The van der Waals surface area contributed by atoms with Crippen molar-refractivity contribution >= 4 is 27.2 Å². The van der Waals surface area contributed by atoms with E-state index in [-0.39, 0.29) is 10.7 Å². The quantitative estimate of drug-likeness (QED) is 0.755. The molecule has 7 heteroatoms. The van der Waals surface area contributed by atoms with Gasteiger partial charge in [-0.15, -0.1) is 0 Å². The molecule has 0 aliphatic carbocycles. The smallest absolute Gasteiger partial charge is 0.263 e. The van der Waals surface area contributed by atoms with Crippen molar-refractivity contribution in [3.8, 4) is 0 Å². The molecule has 0 bridgehead atoms. The number of nitrogens with zero attached hydrogens (tertiary/aromatic N) is 2. The molecule has 0 saturated carbocycles. The molecule has 3 rings (SSSR count). The second-order valence-electron chi connectivity index (χ2n) is 5.36. The van der Waals surface area contributed by atoms with Crippen molar-refractivity contribution < 1.29 is 12.8 Å². The predicted molar refractivity (Wildman–Crippen MR) is 96.0 cm³/mol. The minimum Gasteiger partial charge on any atom is -0.343 e. The highest BCUT2D eigenvalue weighted by atomic mass is 32.2. The van der Waals surface area contributed by atoms with E-state index in [1.807, 2.05) is 42.3 Å². The number of pyridine rings is 1. The summed E-state index contributed by atoms with van der Waals surface area (Å²) in [4.78, 5) is 6.06. The molecule has 0 atom stereocenters. The third-order valence-corrected chi connectivity index (χ3v) is 5.01. The normalized spacial score (nSPS) is 11.1. The Bertz CT molecular complexity index is 944. The maximum absolute atomic E-state index is 12.9. The summed E-state index contributed by atoms with van der Waals surface area (Å²) in [6, 6.07) is 17.7. The van der Waals surface area contributed by atoms with Crippen LogP contribution >= 0.6 is 0 Å². The van der Waals surface area contributed by atoms with Gasteiger partial charge in [0.05, 0.1) is 16.8 Å². The molecule has 0 saturated heterocycles. The summed E-state index contributed by atoms with van der Waals surface area (Å²) in [6.45, 7) is 0. The zero-order valence-corrected chi connectivity index (χ0v) is 14.2. The molecule has 128 valence electrons. The predicted octanol–water partition coefficient (Wildman–Crippen LogP) is 3.79. The van der Waals surface area contributed by atoms with Crippen LogP contribution in [0.25, 0.3) is 0 Å². The maximum Gasteiger partial charge on any atom is 0.263 e. The molecular weight excluding hydrogens is 341 g/mol. The highest BCUT2D eigenvalue weighted by Gasteiger charge is 2.15. The number of sulfonamides is 1. The van der Waals surface area contributed by atoms with Crippen LogP contribution in [0.3, 0.4) is 0 Å². The number of hydrogen-bond donors (Lipinski definition) is 1. The van der Waals surface area contributed by atoms with Gasteiger partial charge < -0.3 is 4.90 Å². The van der Waals surface area contributed by atoms with E-state index >= 15 is 0 Å². The van der Waals surface area contributed by atoms with Gasteiger partial charge in [0, 0.05) is 12.7 Å². The van der Waals surface area contributed by atoms with E-state index < -0.39 is 15.8 Å². The molecule has 0 fully saturated rings. The van der Waals surface area contributed by atoms with Crippen molar-refractivity contribution in [1.82, 2.24) is 4.98 Å². The average Bonchev–Trinajstić information content (AvgIpc) is 2.62. The third kappa shape index (κ3) is 3.95. The molecule has 5 nitrogen and oxygen atoms in total. The van der Waals surface area contributed by atoms with Crippen LogP contribution < -0.4 is 9.62 Å². The summed E-state index contributed by atoms with van der Waals surface area (Å²) in [7, 11) is -1.91. The lowest BCUT2D eigenvalue weighted by Crippen LogP contribution is -2.14. The Labute approximate surface area is 145 Å². The molecule has 25 heavy (non-hydrogen) atoms. The SMILES string of the molecule is CN(c1ccccc1)c1ccc(NS(=O)(=O)c2ccc(F)cc2)nc1. The third-order valence-electron chi connectivity index (χ3n) is 3.64.